The van der Waals surface area contributed by atoms with Gasteiger partial charge in [0.15, 0.2) is 11.5 Å². The molecule has 0 spiro atoms. The van der Waals surface area contributed by atoms with E-state index in [4.69, 9.17) is 10.8 Å². The fraction of sp³-hybridized carbons (Fsp3) is 0.273. The Hall–Kier alpha value is -1.39. The molecule has 0 radical (unpaired) electrons. The van der Waals surface area contributed by atoms with Gasteiger partial charge in [-0.25, -0.2) is 0 Å². The van der Waals surface area contributed by atoms with Crippen molar-refractivity contribution < 1.29 is 15.3 Å². The van der Waals surface area contributed by atoms with Gasteiger partial charge in [0.2, 0.25) is 5.75 Å². The lowest BCUT2D eigenvalue weighted by Gasteiger charge is -2.14. The standard InChI is InChI=1S/C11H15NO3.ClH/c1-6(2)5-8(12)7-3-4-9(13)11(15)10(7)14;/h3-4,8,13-15H,1,5,12H2,2H3;1H/t8-;/m1./s1. The van der Waals surface area contributed by atoms with Gasteiger partial charge in [0, 0.05) is 11.6 Å². The summed E-state index contributed by atoms with van der Waals surface area (Å²) in [6, 6.07) is 2.34. The van der Waals surface area contributed by atoms with Crippen molar-refractivity contribution in [1.29, 1.82) is 0 Å². The number of halogens is 1. The van der Waals surface area contributed by atoms with Gasteiger partial charge in [0.1, 0.15) is 0 Å². The highest BCUT2D eigenvalue weighted by Crippen LogP contribution is 2.40. The van der Waals surface area contributed by atoms with E-state index < -0.39 is 11.8 Å². The van der Waals surface area contributed by atoms with E-state index in [2.05, 4.69) is 6.58 Å². The van der Waals surface area contributed by atoms with Crippen molar-refractivity contribution in [1.82, 2.24) is 0 Å². The van der Waals surface area contributed by atoms with E-state index in [0.717, 1.165) is 5.57 Å². The molecule has 5 heteroatoms. The van der Waals surface area contributed by atoms with Gasteiger partial charge in [0.05, 0.1) is 0 Å². The van der Waals surface area contributed by atoms with E-state index in [0.29, 0.717) is 12.0 Å². The summed E-state index contributed by atoms with van der Waals surface area (Å²) in [5, 5.41) is 28.0. The van der Waals surface area contributed by atoms with Crippen LogP contribution in [0.15, 0.2) is 24.3 Å². The lowest BCUT2D eigenvalue weighted by molar-refractivity contribution is 0.363. The first kappa shape index (κ1) is 14.6. The number of benzene rings is 1. The highest BCUT2D eigenvalue weighted by Gasteiger charge is 2.16. The van der Waals surface area contributed by atoms with Crippen LogP contribution < -0.4 is 5.73 Å². The van der Waals surface area contributed by atoms with Gasteiger partial charge in [0.25, 0.3) is 0 Å². The maximum Gasteiger partial charge on any atom is 0.200 e. The Morgan fingerprint density at radius 2 is 1.88 bits per heavy atom. The molecule has 1 aromatic carbocycles. The topological polar surface area (TPSA) is 86.7 Å². The summed E-state index contributed by atoms with van der Waals surface area (Å²) in [5.74, 6) is -1.27. The molecule has 1 atom stereocenters. The largest absolute Gasteiger partial charge is 0.504 e. The molecule has 1 rings (SSSR count). The van der Waals surface area contributed by atoms with Crippen molar-refractivity contribution >= 4 is 12.4 Å². The Morgan fingerprint density at radius 1 is 1.31 bits per heavy atom. The van der Waals surface area contributed by atoms with E-state index in [9.17, 15) is 10.2 Å². The minimum Gasteiger partial charge on any atom is -0.504 e. The Bertz CT molecular complexity index is 393. The zero-order valence-electron chi connectivity index (χ0n) is 8.97. The number of phenolic OH excluding ortho intramolecular Hbond substituents is 3. The molecule has 0 saturated heterocycles. The Kier molecular flexibility index (Phi) is 5.14. The van der Waals surface area contributed by atoms with Gasteiger partial charge in [-0.1, -0.05) is 5.57 Å². The van der Waals surface area contributed by atoms with E-state index >= 15 is 0 Å². The monoisotopic (exact) mass is 245 g/mol. The molecule has 0 aliphatic heterocycles. The van der Waals surface area contributed by atoms with Crippen molar-refractivity contribution in [2.45, 2.75) is 19.4 Å². The fourth-order valence-electron chi connectivity index (χ4n) is 1.37. The van der Waals surface area contributed by atoms with Gasteiger partial charge < -0.3 is 21.1 Å². The lowest BCUT2D eigenvalue weighted by Crippen LogP contribution is -2.10. The Labute approximate surface area is 100 Å². The molecule has 4 nitrogen and oxygen atoms in total. The molecule has 0 aromatic heterocycles. The van der Waals surface area contributed by atoms with Crippen LogP contribution in [0, 0.1) is 0 Å². The molecule has 0 heterocycles. The molecular weight excluding hydrogens is 230 g/mol. The Balaban J connectivity index is 0.00000225. The van der Waals surface area contributed by atoms with Gasteiger partial charge >= 0.3 is 0 Å². The van der Waals surface area contributed by atoms with Crippen molar-refractivity contribution in [2.24, 2.45) is 5.73 Å². The van der Waals surface area contributed by atoms with E-state index in [-0.39, 0.29) is 23.9 Å². The number of hydrogen-bond acceptors (Lipinski definition) is 4. The zero-order valence-corrected chi connectivity index (χ0v) is 9.79. The summed E-state index contributed by atoms with van der Waals surface area (Å²) in [7, 11) is 0. The molecule has 0 aliphatic rings. The van der Waals surface area contributed by atoms with Crippen molar-refractivity contribution in [2.75, 3.05) is 0 Å². The minimum atomic E-state index is -0.537. The number of nitrogens with two attached hydrogens (primary N) is 1. The number of phenols is 3. The van der Waals surface area contributed by atoms with E-state index in [1.165, 1.54) is 12.1 Å². The molecule has 5 N–H and O–H groups in total. The molecule has 16 heavy (non-hydrogen) atoms. The predicted molar refractivity (Wildman–Crippen MR) is 65.0 cm³/mol. The second-order valence-electron chi connectivity index (χ2n) is 3.64. The summed E-state index contributed by atoms with van der Waals surface area (Å²) in [5.41, 5.74) is 7.08. The van der Waals surface area contributed by atoms with Crippen LogP contribution in [0.5, 0.6) is 17.2 Å². The Morgan fingerprint density at radius 3 is 2.38 bits per heavy atom. The molecule has 0 saturated carbocycles. The van der Waals surface area contributed by atoms with E-state index in [1.54, 1.807) is 0 Å². The van der Waals surface area contributed by atoms with Crippen LogP contribution in [0.3, 0.4) is 0 Å². The second kappa shape index (κ2) is 5.63. The SMILES string of the molecule is C=C(C)C[C@@H](N)c1ccc(O)c(O)c1O.Cl. The zero-order chi connectivity index (χ0) is 11.6. The van der Waals surface area contributed by atoms with Gasteiger partial charge in [-0.05, 0) is 25.5 Å². The average molecular weight is 246 g/mol. The average Bonchev–Trinajstić information content (AvgIpc) is 2.13. The van der Waals surface area contributed by atoms with Crippen molar-refractivity contribution in [3.8, 4) is 17.2 Å². The van der Waals surface area contributed by atoms with Crippen LogP contribution in [0.25, 0.3) is 0 Å². The van der Waals surface area contributed by atoms with Gasteiger partial charge in [-0.2, -0.15) is 0 Å². The molecule has 0 aliphatic carbocycles. The molecule has 0 amide bonds. The third-order valence-electron chi connectivity index (χ3n) is 2.13. The van der Waals surface area contributed by atoms with Crippen LogP contribution in [0.2, 0.25) is 0 Å². The van der Waals surface area contributed by atoms with Crippen LogP contribution >= 0.6 is 12.4 Å². The summed E-state index contributed by atoms with van der Waals surface area (Å²) < 4.78 is 0. The molecule has 1 aromatic rings. The molecule has 90 valence electrons. The molecular formula is C11H16ClNO3. The van der Waals surface area contributed by atoms with Crippen molar-refractivity contribution in [3.05, 3.63) is 29.8 Å². The first-order chi connectivity index (χ1) is 6.93. The van der Waals surface area contributed by atoms with Crippen LogP contribution in [0.1, 0.15) is 24.9 Å². The van der Waals surface area contributed by atoms with Crippen molar-refractivity contribution in [3.63, 3.8) is 0 Å². The van der Waals surface area contributed by atoms with Crippen LogP contribution in [0.4, 0.5) is 0 Å². The lowest BCUT2D eigenvalue weighted by atomic mass is 10.00. The van der Waals surface area contributed by atoms with Gasteiger partial charge in [-0.15, -0.1) is 19.0 Å². The fourth-order valence-corrected chi connectivity index (χ4v) is 1.37. The number of rotatable bonds is 3. The highest BCUT2D eigenvalue weighted by molar-refractivity contribution is 5.85. The van der Waals surface area contributed by atoms with E-state index in [1.807, 2.05) is 6.92 Å². The summed E-state index contributed by atoms with van der Waals surface area (Å²) >= 11 is 0. The highest BCUT2D eigenvalue weighted by atomic mass is 35.5. The van der Waals surface area contributed by atoms with Gasteiger partial charge in [-0.3, -0.25) is 0 Å². The minimum absolute atomic E-state index is 0. The summed E-state index contributed by atoms with van der Waals surface area (Å²) in [4.78, 5) is 0. The third-order valence-corrected chi connectivity index (χ3v) is 2.13. The second-order valence-corrected chi connectivity index (χ2v) is 3.64. The smallest absolute Gasteiger partial charge is 0.200 e. The third kappa shape index (κ3) is 3.05. The number of aromatic hydroxyl groups is 3. The maximum absolute atomic E-state index is 9.54. The molecule has 0 unspecified atom stereocenters. The quantitative estimate of drug-likeness (QED) is 0.486. The molecule has 0 fully saturated rings. The first-order valence-corrected chi connectivity index (χ1v) is 4.57. The van der Waals surface area contributed by atoms with Crippen LogP contribution in [-0.4, -0.2) is 15.3 Å². The predicted octanol–water partition coefficient (Wildman–Crippen LogP) is 2.19. The summed E-state index contributed by atoms with van der Waals surface area (Å²) in [6.07, 6.45) is 0.512. The first-order valence-electron chi connectivity index (χ1n) is 4.57. The van der Waals surface area contributed by atoms with Crippen LogP contribution in [-0.2, 0) is 0 Å². The maximum atomic E-state index is 9.54. The summed E-state index contributed by atoms with van der Waals surface area (Å²) in [6.45, 7) is 5.55. The normalized spacial score (nSPS) is 11.6. The number of hydrogen-bond donors (Lipinski definition) is 4. The molecule has 0 bridgehead atoms.